The fraction of sp³-hybridized carbons (Fsp3) is 0.583. The molecular formula is C12H19NO3S. The van der Waals surface area contributed by atoms with Crippen molar-refractivity contribution < 1.29 is 15.0 Å². The van der Waals surface area contributed by atoms with Crippen LogP contribution >= 0.6 is 11.3 Å². The van der Waals surface area contributed by atoms with Gasteiger partial charge in [-0.25, -0.2) is 0 Å². The Kier molecular flexibility index (Phi) is 6.84. The number of hydrogen-bond donors (Lipinski definition) is 3. The summed E-state index contributed by atoms with van der Waals surface area (Å²) in [6.07, 6.45) is 2.40. The Balaban J connectivity index is 1.95. The van der Waals surface area contributed by atoms with Gasteiger partial charge in [-0.3, -0.25) is 4.79 Å². The minimum absolute atomic E-state index is 0.248. The summed E-state index contributed by atoms with van der Waals surface area (Å²) in [6, 6.07) is 3.85. The van der Waals surface area contributed by atoms with Crippen LogP contribution in [-0.2, 0) is 4.79 Å². The molecule has 0 amide bonds. The van der Waals surface area contributed by atoms with E-state index in [-0.39, 0.29) is 6.42 Å². The summed E-state index contributed by atoms with van der Waals surface area (Å²) in [7, 11) is 0. The number of unbranched alkanes of at least 4 members (excludes halogenated alkanes) is 2. The fourth-order valence-corrected chi connectivity index (χ4v) is 2.24. The summed E-state index contributed by atoms with van der Waals surface area (Å²) >= 11 is 1.55. The molecule has 96 valence electrons. The van der Waals surface area contributed by atoms with Gasteiger partial charge in [-0.2, -0.15) is 0 Å². The molecule has 1 heterocycles. The minimum Gasteiger partial charge on any atom is -0.481 e. The van der Waals surface area contributed by atoms with Crippen molar-refractivity contribution in [1.82, 2.24) is 5.32 Å². The fourth-order valence-electron chi connectivity index (χ4n) is 1.52. The first-order chi connectivity index (χ1) is 8.20. The summed E-state index contributed by atoms with van der Waals surface area (Å²) in [4.78, 5) is 11.2. The molecule has 5 heteroatoms. The lowest BCUT2D eigenvalue weighted by molar-refractivity contribution is -0.137. The van der Waals surface area contributed by atoms with Gasteiger partial charge in [-0.15, -0.1) is 11.3 Å². The van der Waals surface area contributed by atoms with Crippen LogP contribution in [0, 0.1) is 0 Å². The van der Waals surface area contributed by atoms with E-state index in [2.05, 4.69) is 5.32 Å². The second-order valence-corrected chi connectivity index (χ2v) is 4.92. The predicted octanol–water partition coefficient (Wildman–Crippen LogP) is 2.02. The smallest absolute Gasteiger partial charge is 0.303 e. The second-order valence-electron chi connectivity index (χ2n) is 3.94. The first-order valence-corrected chi connectivity index (χ1v) is 6.72. The standard InChI is InChI=1S/C12H19NO3S/c14-10(11-5-4-8-17-11)9-13-7-3-1-2-6-12(15)16/h4-5,8,10,13-14H,1-3,6-7,9H2,(H,15,16). The predicted molar refractivity (Wildman–Crippen MR) is 68.3 cm³/mol. The lowest BCUT2D eigenvalue weighted by atomic mass is 10.2. The van der Waals surface area contributed by atoms with Gasteiger partial charge in [-0.1, -0.05) is 12.5 Å². The van der Waals surface area contributed by atoms with Crippen LogP contribution in [0.25, 0.3) is 0 Å². The van der Waals surface area contributed by atoms with E-state index in [1.165, 1.54) is 0 Å². The van der Waals surface area contributed by atoms with Crippen molar-refractivity contribution in [3.8, 4) is 0 Å². The van der Waals surface area contributed by atoms with E-state index in [4.69, 9.17) is 5.11 Å². The van der Waals surface area contributed by atoms with E-state index in [1.807, 2.05) is 17.5 Å². The Morgan fingerprint density at radius 2 is 2.24 bits per heavy atom. The van der Waals surface area contributed by atoms with E-state index in [0.717, 1.165) is 30.7 Å². The lowest BCUT2D eigenvalue weighted by Gasteiger charge is -2.09. The normalized spacial score (nSPS) is 12.5. The van der Waals surface area contributed by atoms with E-state index >= 15 is 0 Å². The van der Waals surface area contributed by atoms with Crippen LogP contribution in [0.3, 0.4) is 0 Å². The number of aliphatic carboxylic acids is 1. The maximum Gasteiger partial charge on any atom is 0.303 e. The molecule has 1 unspecified atom stereocenters. The Bertz CT molecular complexity index is 314. The van der Waals surface area contributed by atoms with Crippen LogP contribution in [0.15, 0.2) is 17.5 Å². The number of thiophene rings is 1. The van der Waals surface area contributed by atoms with Crippen molar-refractivity contribution in [2.75, 3.05) is 13.1 Å². The number of carboxylic acids is 1. The quantitative estimate of drug-likeness (QED) is 0.592. The highest BCUT2D eigenvalue weighted by Crippen LogP contribution is 2.17. The van der Waals surface area contributed by atoms with Gasteiger partial charge in [0.05, 0.1) is 0 Å². The highest BCUT2D eigenvalue weighted by molar-refractivity contribution is 7.10. The zero-order chi connectivity index (χ0) is 12.5. The highest BCUT2D eigenvalue weighted by atomic mass is 32.1. The average molecular weight is 257 g/mol. The van der Waals surface area contributed by atoms with Gasteiger partial charge in [0.1, 0.15) is 6.10 Å². The topological polar surface area (TPSA) is 69.6 Å². The van der Waals surface area contributed by atoms with Gasteiger partial charge in [0.25, 0.3) is 0 Å². The molecule has 0 aliphatic heterocycles. The summed E-state index contributed by atoms with van der Waals surface area (Å²) < 4.78 is 0. The zero-order valence-electron chi connectivity index (χ0n) is 9.76. The van der Waals surface area contributed by atoms with E-state index in [9.17, 15) is 9.90 Å². The third kappa shape index (κ3) is 6.41. The first-order valence-electron chi connectivity index (χ1n) is 5.84. The van der Waals surface area contributed by atoms with Crippen molar-refractivity contribution in [2.24, 2.45) is 0 Å². The number of carbonyl (C=O) groups is 1. The molecule has 4 nitrogen and oxygen atoms in total. The number of hydrogen-bond acceptors (Lipinski definition) is 4. The molecule has 0 aliphatic rings. The van der Waals surface area contributed by atoms with E-state index in [0.29, 0.717) is 6.54 Å². The average Bonchev–Trinajstić information content (AvgIpc) is 2.80. The monoisotopic (exact) mass is 257 g/mol. The van der Waals surface area contributed by atoms with Crippen LogP contribution in [0.4, 0.5) is 0 Å². The zero-order valence-corrected chi connectivity index (χ0v) is 10.6. The Hall–Kier alpha value is -0.910. The molecular weight excluding hydrogens is 238 g/mol. The maximum atomic E-state index is 10.3. The molecule has 1 rings (SSSR count). The molecule has 1 atom stereocenters. The molecule has 0 saturated heterocycles. The Morgan fingerprint density at radius 3 is 2.88 bits per heavy atom. The van der Waals surface area contributed by atoms with E-state index in [1.54, 1.807) is 11.3 Å². The Labute approximate surface area is 105 Å². The number of rotatable bonds is 9. The van der Waals surface area contributed by atoms with Crippen molar-refractivity contribution in [3.63, 3.8) is 0 Å². The van der Waals surface area contributed by atoms with Gasteiger partial charge >= 0.3 is 5.97 Å². The van der Waals surface area contributed by atoms with Crippen molar-refractivity contribution in [2.45, 2.75) is 31.8 Å². The molecule has 3 N–H and O–H groups in total. The largest absolute Gasteiger partial charge is 0.481 e. The van der Waals surface area contributed by atoms with Gasteiger partial charge in [0.2, 0.25) is 0 Å². The first kappa shape index (κ1) is 14.2. The number of nitrogens with one attached hydrogen (secondary N) is 1. The molecule has 17 heavy (non-hydrogen) atoms. The van der Waals surface area contributed by atoms with Crippen molar-refractivity contribution in [3.05, 3.63) is 22.4 Å². The molecule has 1 aromatic heterocycles. The molecule has 0 aromatic carbocycles. The van der Waals surface area contributed by atoms with Crippen LogP contribution < -0.4 is 5.32 Å². The van der Waals surface area contributed by atoms with Crippen molar-refractivity contribution >= 4 is 17.3 Å². The van der Waals surface area contributed by atoms with Crippen LogP contribution in [-0.4, -0.2) is 29.3 Å². The van der Waals surface area contributed by atoms with Crippen LogP contribution in [0.2, 0.25) is 0 Å². The highest BCUT2D eigenvalue weighted by Gasteiger charge is 2.06. The number of aliphatic hydroxyl groups is 1. The van der Waals surface area contributed by atoms with Gasteiger partial charge in [0.15, 0.2) is 0 Å². The van der Waals surface area contributed by atoms with Gasteiger partial charge in [0, 0.05) is 17.8 Å². The lowest BCUT2D eigenvalue weighted by Crippen LogP contribution is -2.22. The van der Waals surface area contributed by atoms with Crippen LogP contribution in [0.5, 0.6) is 0 Å². The molecule has 0 radical (unpaired) electrons. The molecule has 1 aromatic rings. The third-order valence-corrected chi connectivity index (χ3v) is 3.43. The van der Waals surface area contributed by atoms with Crippen molar-refractivity contribution in [1.29, 1.82) is 0 Å². The van der Waals surface area contributed by atoms with Gasteiger partial charge in [-0.05, 0) is 30.8 Å². The minimum atomic E-state index is -0.730. The number of carboxylic acid groups (broad SMARTS) is 1. The SMILES string of the molecule is O=C(O)CCCCCNCC(O)c1cccs1. The number of aliphatic hydroxyl groups excluding tert-OH is 1. The molecule has 0 saturated carbocycles. The summed E-state index contributed by atoms with van der Waals surface area (Å²) in [5.74, 6) is -0.730. The molecule has 0 spiro atoms. The summed E-state index contributed by atoms with van der Waals surface area (Å²) in [5.41, 5.74) is 0. The van der Waals surface area contributed by atoms with E-state index < -0.39 is 12.1 Å². The maximum absolute atomic E-state index is 10.3. The second kappa shape index (κ2) is 8.22. The van der Waals surface area contributed by atoms with Gasteiger partial charge < -0.3 is 15.5 Å². The third-order valence-electron chi connectivity index (χ3n) is 2.45. The van der Waals surface area contributed by atoms with Crippen LogP contribution in [0.1, 0.15) is 36.7 Å². The Morgan fingerprint density at radius 1 is 1.41 bits per heavy atom. The molecule has 0 bridgehead atoms. The summed E-state index contributed by atoms with van der Waals surface area (Å²) in [5, 5.41) is 23.3. The summed E-state index contributed by atoms with van der Waals surface area (Å²) in [6.45, 7) is 1.38. The molecule has 0 fully saturated rings. The molecule has 0 aliphatic carbocycles.